The SMILES string of the molecule is COC(=O)c1ccc(C)c(NC(=O)COC(=O)/C(C#N)=C/c2ccc(C(C)C)cc2)c1. The summed E-state index contributed by atoms with van der Waals surface area (Å²) in [5.41, 5.74) is 2.99. The highest BCUT2D eigenvalue weighted by Gasteiger charge is 2.15. The second-order valence-corrected chi connectivity index (χ2v) is 7.14. The van der Waals surface area contributed by atoms with E-state index in [2.05, 4.69) is 23.9 Å². The number of rotatable bonds is 7. The third-order valence-corrected chi connectivity index (χ3v) is 4.52. The number of nitrogens with one attached hydrogen (secondary N) is 1. The summed E-state index contributed by atoms with van der Waals surface area (Å²) < 4.78 is 9.63. The lowest BCUT2D eigenvalue weighted by Crippen LogP contribution is -2.22. The van der Waals surface area contributed by atoms with E-state index in [1.165, 1.54) is 19.3 Å². The molecule has 0 aliphatic rings. The fourth-order valence-electron chi connectivity index (χ4n) is 2.68. The highest BCUT2D eigenvalue weighted by atomic mass is 16.5. The van der Waals surface area contributed by atoms with Crippen molar-refractivity contribution in [1.29, 1.82) is 5.26 Å². The summed E-state index contributed by atoms with van der Waals surface area (Å²) in [4.78, 5) is 36.0. The molecule has 0 fully saturated rings. The van der Waals surface area contributed by atoms with Crippen LogP contribution in [0, 0.1) is 18.3 Å². The third kappa shape index (κ3) is 6.54. The molecule has 7 heteroatoms. The molecule has 0 saturated carbocycles. The molecule has 7 nitrogen and oxygen atoms in total. The normalized spacial score (nSPS) is 10.9. The average molecular weight is 420 g/mol. The molecule has 2 rings (SSSR count). The van der Waals surface area contributed by atoms with Gasteiger partial charge in [0, 0.05) is 5.69 Å². The minimum absolute atomic E-state index is 0.214. The Hall–Kier alpha value is -3.92. The zero-order chi connectivity index (χ0) is 23.0. The van der Waals surface area contributed by atoms with Crippen LogP contribution in [0.5, 0.6) is 0 Å². The Kier molecular flexibility index (Phi) is 8.09. The van der Waals surface area contributed by atoms with Crippen LogP contribution in [-0.4, -0.2) is 31.6 Å². The standard InChI is InChI=1S/C24H24N2O5/c1-15(2)18-9-6-17(7-10-18)11-20(13-25)24(29)31-14-22(27)26-21-12-19(23(28)30-4)8-5-16(21)3/h5-12,15H,14H2,1-4H3,(H,26,27)/b20-11+. The number of ether oxygens (including phenoxy) is 2. The molecule has 31 heavy (non-hydrogen) atoms. The molecule has 0 unspecified atom stereocenters. The number of hydrogen-bond donors (Lipinski definition) is 1. The summed E-state index contributed by atoms with van der Waals surface area (Å²) in [5.74, 6) is -1.66. The van der Waals surface area contributed by atoms with E-state index in [9.17, 15) is 19.6 Å². The molecule has 0 aliphatic carbocycles. The summed E-state index contributed by atoms with van der Waals surface area (Å²) >= 11 is 0. The number of hydrogen-bond acceptors (Lipinski definition) is 6. The summed E-state index contributed by atoms with van der Waals surface area (Å²) in [6.45, 7) is 5.32. The average Bonchev–Trinajstić information content (AvgIpc) is 2.77. The molecule has 0 saturated heterocycles. The van der Waals surface area contributed by atoms with E-state index in [4.69, 9.17) is 4.74 Å². The fraction of sp³-hybridized carbons (Fsp3) is 0.250. The van der Waals surface area contributed by atoms with Gasteiger partial charge >= 0.3 is 11.9 Å². The molecule has 0 aromatic heterocycles. The Balaban J connectivity index is 2.01. The molecule has 0 heterocycles. The van der Waals surface area contributed by atoms with Gasteiger partial charge in [-0.2, -0.15) is 5.26 Å². The van der Waals surface area contributed by atoms with Crippen LogP contribution in [0.4, 0.5) is 5.69 Å². The number of methoxy groups -OCH3 is 1. The van der Waals surface area contributed by atoms with Gasteiger partial charge in [-0.1, -0.05) is 44.2 Å². The lowest BCUT2D eigenvalue weighted by atomic mass is 10.0. The number of anilines is 1. The maximum Gasteiger partial charge on any atom is 0.349 e. The second kappa shape index (κ2) is 10.7. The van der Waals surface area contributed by atoms with Crippen molar-refractivity contribution >= 4 is 29.6 Å². The van der Waals surface area contributed by atoms with Crippen molar-refractivity contribution in [2.45, 2.75) is 26.7 Å². The summed E-state index contributed by atoms with van der Waals surface area (Å²) in [5, 5.41) is 11.9. The van der Waals surface area contributed by atoms with Gasteiger partial charge in [0.15, 0.2) is 6.61 Å². The zero-order valence-corrected chi connectivity index (χ0v) is 17.9. The van der Waals surface area contributed by atoms with E-state index in [0.717, 1.165) is 11.1 Å². The first kappa shape index (κ1) is 23.4. The van der Waals surface area contributed by atoms with Crippen molar-refractivity contribution in [3.8, 4) is 6.07 Å². The maximum absolute atomic E-state index is 12.2. The van der Waals surface area contributed by atoms with E-state index in [-0.39, 0.29) is 11.1 Å². The van der Waals surface area contributed by atoms with Gasteiger partial charge in [0.2, 0.25) is 0 Å². The van der Waals surface area contributed by atoms with Gasteiger partial charge in [-0.15, -0.1) is 0 Å². The first-order valence-electron chi connectivity index (χ1n) is 9.62. The monoisotopic (exact) mass is 420 g/mol. The third-order valence-electron chi connectivity index (χ3n) is 4.52. The zero-order valence-electron chi connectivity index (χ0n) is 17.9. The molecule has 0 spiro atoms. The molecule has 2 aromatic rings. The molecule has 0 radical (unpaired) electrons. The Labute approximate surface area is 181 Å². The lowest BCUT2D eigenvalue weighted by Gasteiger charge is -2.10. The van der Waals surface area contributed by atoms with Crippen LogP contribution in [0.3, 0.4) is 0 Å². The molecule has 1 amide bonds. The van der Waals surface area contributed by atoms with E-state index in [1.807, 2.05) is 24.3 Å². The molecule has 2 aromatic carbocycles. The quantitative estimate of drug-likeness (QED) is 0.412. The molecular weight excluding hydrogens is 396 g/mol. The Morgan fingerprint density at radius 3 is 2.39 bits per heavy atom. The van der Waals surface area contributed by atoms with Crippen molar-refractivity contribution in [2.75, 3.05) is 19.0 Å². The predicted octanol–water partition coefficient (Wildman–Crippen LogP) is 3.99. The fourth-order valence-corrected chi connectivity index (χ4v) is 2.68. The van der Waals surface area contributed by atoms with Crippen molar-refractivity contribution in [3.05, 3.63) is 70.3 Å². The number of amides is 1. The number of aryl methyl sites for hydroxylation is 1. The minimum Gasteiger partial charge on any atom is -0.465 e. The number of nitriles is 1. The van der Waals surface area contributed by atoms with Gasteiger partial charge in [-0.3, -0.25) is 4.79 Å². The minimum atomic E-state index is -0.898. The van der Waals surface area contributed by atoms with Gasteiger partial charge in [0.05, 0.1) is 12.7 Å². The van der Waals surface area contributed by atoms with Crippen molar-refractivity contribution in [3.63, 3.8) is 0 Å². The molecule has 0 atom stereocenters. The van der Waals surface area contributed by atoms with Gasteiger partial charge in [0.25, 0.3) is 5.91 Å². The first-order valence-corrected chi connectivity index (χ1v) is 9.62. The van der Waals surface area contributed by atoms with Gasteiger partial charge in [-0.05, 0) is 47.7 Å². The second-order valence-electron chi connectivity index (χ2n) is 7.14. The van der Waals surface area contributed by atoms with Crippen LogP contribution in [-0.2, 0) is 19.1 Å². The van der Waals surface area contributed by atoms with Gasteiger partial charge < -0.3 is 14.8 Å². The van der Waals surface area contributed by atoms with Crippen molar-refractivity contribution < 1.29 is 23.9 Å². The molecule has 0 bridgehead atoms. The van der Waals surface area contributed by atoms with E-state index in [1.54, 1.807) is 25.1 Å². The maximum atomic E-state index is 12.2. The Bertz CT molecular complexity index is 1050. The highest BCUT2D eigenvalue weighted by molar-refractivity contribution is 6.00. The van der Waals surface area contributed by atoms with Crippen LogP contribution in [0.15, 0.2) is 48.0 Å². The van der Waals surface area contributed by atoms with Crippen molar-refractivity contribution in [2.24, 2.45) is 0 Å². The van der Waals surface area contributed by atoms with E-state index in [0.29, 0.717) is 17.2 Å². The van der Waals surface area contributed by atoms with Crippen LogP contribution in [0.1, 0.15) is 46.8 Å². The van der Waals surface area contributed by atoms with Crippen LogP contribution < -0.4 is 5.32 Å². The Morgan fingerprint density at radius 1 is 1.13 bits per heavy atom. The topological polar surface area (TPSA) is 105 Å². The van der Waals surface area contributed by atoms with E-state index < -0.39 is 24.5 Å². The lowest BCUT2D eigenvalue weighted by molar-refractivity contribution is -0.142. The Morgan fingerprint density at radius 2 is 1.81 bits per heavy atom. The van der Waals surface area contributed by atoms with Gasteiger partial charge in [0.1, 0.15) is 11.6 Å². The number of carbonyl (C=O) groups excluding carboxylic acids is 3. The largest absolute Gasteiger partial charge is 0.465 e. The smallest absolute Gasteiger partial charge is 0.349 e. The predicted molar refractivity (Wildman–Crippen MR) is 116 cm³/mol. The summed E-state index contributed by atoms with van der Waals surface area (Å²) in [6.07, 6.45) is 1.41. The highest BCUT2D eigenvalue weighted by Crippen LogP contribution is 2.18. The number of carbonyl (C=O) groups is 3. The molecule has 1 N–H and O–H groups in total. The van der Waals surface area contributed by atoms with Crippen LogP contribution in [0.2, 0.25) is 0 Å². The molecule has 0 aliphatic heterocycles. The van der Waals surface area contributed by atoms with Crippen molar-refractivity contribution in [1.82, 2.24) is 0 Å². The number of benzene rings is 2. The molecular formula is C24H24N2O5. The number of nitrogens with zero attached hydrogens (tertiary/aromatic N) is 1. The summed E-state index contributed by atoms with van der Waals surface area (Å²) in [7, 11) is 1.26. The summed E-state index contributed by atoms with van der Waals surface area (Å²) in [6, 6.07) is 14.0. The first-order chi connectivity index (χ1) is 14.7. The number of esters is 2. The van der Waals surface area contributed by atoms with Crippen LogP contribution in [0.25, 0.3) is 6.08 Å². The van der Waals surface area contributed by atoms with Crippen LogP contribution >= 0.6 is 0 Å². The molecule has 160 valence electrons. The van der Waals surface area contributed by atoms with Gasteiger partial charge in [-0.25, -0.2) is 9.59 Å². The van der Waals surface area contributed by atoms with E-state index >= 15 is 0 Å².